The third kappa shape index (κ3) is 1.79. The summed E-state index contributed by atoms with van der Waals surface area (Å²) in [5, 5.41) is 10.5. The molecule has 0 saturated carbocycles. The molecule has 1 amide bonds. The topological polar surface area (TPSA) is 81.6 Å². The van der Waals surface area contributed by atoms with E-state index in [1.54, 1.807) is 6.07 Å². The maximum absolute atomic E-state index is 10.9. The molecular weight excluding hydrogens is 144 g/mol. The zero-order valence-corrected chi connectivity index (χ0v) is 5.66. The molecule has 0 atom stereocenters. The Balaban J connectivity index is 2.51. The van der Waals surface area contributed by atoms with Crippen molar-refractivity contribution in [2.45, 2.75) is 0 Å². The first-order chi connectivity index (χ1) is 5.34. The maximum Gasteiger partial charge on any atom is 0.270 e. The molecule has 0 saturated heterocycles. The number of nitrogens with zero attached hydrogens (tertiary/aromatic N) is 2. The Hall–Kier alpha value is -1.83. The van der Waals surface area contributed by atoms with E-state index in [1.807, 2.05) is 0 Å². The maximum atomic E-state index is 10.9. The van der Waals surface area contributed by atoms with Crippen molar-refractivity contribution in [1.82, 2.24) is 15.3 Å². The zero-order chi connectivity index (χ0) is 8.10. The minimum absolute atomic E-state index is 0.0118. The largest absolute Gasteiger partial charge is 0.341 e. The molecule has 11 heavy (non-hydrogen) atoms. The van der Waals surface area contributed by atoms with Gasteiger partial charge in [0.15, 0.2) is 0 Å². The summed E-state index contributed by atoms with van der Waals surface area (Å²) in [5.74, 6) is -0.316. The van der Waals surface area contributed by atoms with E-state index in [1.165, 1.54) is 12.5 Å². The smallest absolute Gasteiger partial charge is 0.270 e. The van der Waals surface area contributed by atoms with Crippen molar-refractivity contribution in [1.29, 1.82) is 5.26 Å². The Morgan fingerprint density at radius 3 is 3.27 bits per heavy atom. The van der Waals surface area contributed by atoms with E-state index in [9.17, 15) is 4.79 Å². The van der Waals surface area contributed by atoms with Crippen molar-refractivity contribution in [2.24, 2.45) is 0 Å². The summed E-state index contributed by atoms with van der Waals surface area (Å²) in [6.07, 6.45) is 2.80. The lowest BCUT2D eigenvalue weighted by atomic mass is 10.4. The average molecular weight is 150 g/mol. The highest BCUT2D eigenvalue weighted by Crippen LogP contribution is 1.88. The van der Waals surface area contributed by atoms with Crippen molar-refractivity contribution in [3.63, 3.8) is 0 Å². The Labute approximate surface area is 63.1 Å². The Kier molecular flexibility index (Phi) is 2.23. The van der Waals surface area contributed by atoms with E-state index in [4.69, 9.17) is 5.26 Å². The summed E-state index contributed by atoms with van der Waals surface area (Å²) in [6, 6.07) is 1.79. The zero-order valence-electron chi connectivity index (χ0n) is 5.66. The van der Waals surface area contributed by atoms with Crippen LogP contribution in [0.4, 0.5) is 0 Å². The number of hydrogen-bond donors (Lipinski definition) is 2. The number of rotatable bonds is 2. The number of aromatic nitrogens is 2. The molecule has 0 unspecified atom stereocenters. The number of imidazole rings is 1. The van der Waals surface area contributed by atoms with Gasteiger partial charge in [-0.15, -0.1) is 0 Å². The summed E-state index contributed by atoms with van der Waals surface area (Å²) < 4.78 is 0. The molecule has 0 aliphatic rings. The van der Waals surface area contributed by atoms with Crippen LogP contribution in [0.5, 0.6) is 0 Å². The first kappa shape index (κ1) is 7.28. The summed E-state index contributed by atoms with van der Waals surface area (Å²) in [7, 11) is 0. The van der Waals surface area contributed by atoms with Gasteiger partial charge < -0.3 is 10.3 Å². The molecule has 1 rings (SSSR count). The van der Waals surface area contributed by atoms with Crippen molar-refractivity contribution < 1.29 is 4.79 Å². The average Bonchev–Trinajstić information content (AvgIpc) is 2.52. The minimum atomic E-state index is -0.316. The standard InChI is InChI=1S/C6H6N4O/c7-1-2-9-6(11)5-3-8-4-10-5/h3-4H,2H2,(H,8,10)(H,9,11). The molecule has 0 aromatic carbocycles. The minimum Gasteiger partial charge on any atom is -0.341 e. The lowest BCUT2D eigenvalue weighted by Crippen LogP contribution is -2.23. The predicted molar refractivity (Wildman–Crippen MR) is 36.5 cm³/mol. The van der Waals surface area contributed by atoms with Crippen molar-refractivity contribution in [2.75, 3.05) is 6.54 Å². The number of aromatic amines is 1. The lowest BCUT2D eigenvalue weighted by Gasteiger charge is -1.94. The van der Waals surface area contributed by atoms with Crippen LogP contribution in [0.25, 0.3) is 0 Å². The summed E-state index contributed by atoms with van der Waals surface area (Å²) in [5.41, 5.74) is 0.361. The van der Waals surface area contributed by atoms with Crippen LogP contribution in [0, 0.1) is 11.3 Å². The van der Waals surface area contributed by atoms with Gasteiger partial charge in [-0.2, -0.15) is 5.26 Å². The molecule has 0 radical (unpaired) electrons. The van der Waals surface area contributed by atoms with Crippen LogP contribution in [-0.4, -0.2) is 22.4 Å². The van der Waals surface area contributed by atoms with Crippen LogP contribution in [-0.2, 0) is 0 Å². The molecule has 0 spiro atoms. The van der Waals surface area contributed by atoms with E-state index in [-0.39, 0.29) is 12.5 Å². The van der Waals surface area contributed by atoms with Crippen LogP contribution in [0.2, 0.25) is 0 Å². The van der Waals surface area contributed by atoms with Crippen LogP contribution < -0.4 is 5.32 Å². The number of carbonyl (C=O) groups is 1. The Bertz CT molecular complexity index is 271. The fourth-order valence-electron chi connectivity index (χ4n) is 0.595. The van der Waals surface area contributed by atoms with Gasteiger partial charge in [-0.3, -0.25) is 4.79 Å². The summed E-state index contributed by atoms with van der Waals surface area (Å²) in [6.45, 7) is 0.0118. The second-order valence-electron chi connectivity index (χ2n) is 1.81. The first-order valence-electron chi connectivity index (χ1n) is 2.98. The molecule has 0 bridgehead atoms. The number of H-pyrrole nitrogens is 1. The van der Waals surface area contributed by atoms with Gasteiger partial charge in [0.1, 0.15) is 12.2 Å². The molecule has 1 aromatic heterocycles. The SMILES string of the molecule is N#CCNC(=O)c1cnc[nH]1. The second kappa shape index (κ2) is 3.37. The number of nitrogens with one attached hydrogen (secondary N) is 2. The normalized spacial score (nSPS) is 8.64. The molecule has 2 N–H and O–H groups in total. The first-order valence-corrected chi connectivity index (χ1v) is 2.98. The van der Waals surface area contributed by atoms with E-state index < -0.39 is 0 Å². The monoisotopic (exact) mass is 150 g/mol. The molecular formula is C6H6N4O. The van der Waals surface area contributed by atoms with Gasteiger partial charge in [-0.05, 0) is 0 Å². The Morgan fingerprint density at radius 2 is 2.73 bits per heavy atom. The van der Waals surface area contributed by atoms with E-state index in [0.717, 1.165) is 0 Å². The molecule has 0 fully saturated rings. The molecule has 0 aliphatic carbocycles. The fourth-order valence-corrected chi connectivity index (χ4v) is 0.595. The van der Waals surface area contributed by atoms with Crippen LogP contribution in [0.3, 0.4) is 0 Å². The van der Waals surface area contributed by atoms with Gasteiger partial charge >= 0.3 is 0 Å². The van der Waals surface area contributed by atoms with Crippen LogP contribution in [0.1, 0.15) is 10.5 Å². The van der Waals surface area contributed by atoms with Crippen molar-refractivity contribution in [3.05, 3.63) is 18.2 Å². The molecule has 5 heteroatoms. The lowest BCUT2D eigenvalue weighted by molar-refractivity contribution is 0.0954. The molecule has 0 aliphatic heterocycles. The molecule has 56 valence electrons. The number of carbonyl (C=O) groups excluding carboxylic acids is 1. The van der Waals surface area contributed by atoms with Crippen molar-refractivity contribution in [3.8, 4) is 6.07 Å². The number of amides is 1. The molecule has 5 nitrogen and oxygen atoms in total. The van der Waals surface area contributed by atoms with E-state index in [2.05, 4.69) is 15.3 Å². The van der Waals surface area contributed by atoms with Gasteiger partial charge in [-0.25, -0.2) is 4.98 Å². The third-order valence-corrected chi connectivity index (χ3v) is 1.07. The number of hydrogen-bond acceptors (Lipinski definition) is 3. The van der Waals surface area contributed by atoms with Gasteiger partial charge in [0.2, 0.25) is 0 Å². The van der Waals surface area contributed by atoms with Crippen molar-refractivity contribution >= 4 is 5.91 Å². The number of nitriles is 1. The summed E-state index contributed by atoms with van der Waals surface area (Å²) in [4.78, 5) is 17.2. The van der Waals surface area contributed by atoms with E-state index >= 15 is 0 Å². The Morgan fingerprint density at radius 1 is 1.91 bits per heavy atom. The van der Waals surface area contributed by atoms with Crippen LogP contribution in [0.15, 0.2) is 12.5 Å². The highest BCUT2D eigenvalue weighted by atomic mass is 16.1. The molecule has 1 aromatic rings. The quantitative estimate of drug-likeness (QED) is 0.566. The highest BCUT2D eigenvalue weighted by Gasteiger charge is 2.03. The highest BCUT2D eigenvalue weighted by molar-refractivity contribution is 5.92. The van der Waals surface area contributed by atoms with Crippen LogP contribution >= 0.6 is 0 Å². The fraction of sp³-hybridized carbons (Fsp3) is 0.167. The summed E-state index contributed by atoms with van der Waals surface area (Å²) >= 11 is 0. The second-order valence-corrected chi connectivity index (χ2v) is 1.81. The van der Waals surface area contributed by atoms with Gasteiger partial charge in [0.25, 0.3) is 5.91 Å². The van der Waals surface area contributed by atoms with Gasteiger partial charge in [-0.1, -0.05) is 0 Å². The van der Waals surface area contributed by atoms with Gasteiger partial charge in [0.05, 0.1) is 18.6 Å². The molecule has 1 heterocycles. The van der Waals surface area contributed by atoms with Gasteiger partial charge in [0, 0.05) is 0 Å². The third-order valence-electron chi connectivity index (χ3n) is 1.07. The van der Waals surface area contributed by atoms with E-state index in [0.29, 0.717) is 5.69 Å². The predicted octanol–water partition coefficient (Wildman–Crippen LogP) is -0.337.